The zero-order valence-electron chi connectivity index (χ0n) is 15.4. The van der Waals surface area contributed by atoms with Gasteiger partial charge in [0.15, 0.2) is 0 Å². The van der Waals surface area contributed by atoms with Crippen LogP contribution in [0.1, 0.15) is 64.7 Å². The van der Waals surface area contributed by atoms with E-state index in [1.807, 2.05) is 14.0 Å². The van der Waals surface area contributed by atoms with E-state index in [4.69, 9.17) is 14.6 Å². The number of rotatable bonds is 16. The topological polar surface area (TPSA) is 76.1 Å². The molecule has 0 aliphatic rings. The zero-order valence-corrected chi connectivity index (χ0v) is 15.4. The first kappa shape index (κ1) is 22.9. The molecule has 0 atom stereocenters. The second-order valence-corrected chi connectivity index (χ2v) is 6.09. The van der Waals surface area contributed by atoms with Crippen LogP contribution >= 0.6 is 0 Å². The Hall–Kier alpha value is -1.14. The molecular weight excluding hydrogens is 310 g/mol. The van der Waals surface area contributed by atoms with E-state index in [2.05, 4.69) is 4.90 Å². The van der Waals surface area contributed by atoms with E-state index >= 15 is 0 Å². The summed E-state index contributed by atoms with van der Waals surface area (Å²) in [7, 11) is 1.99. The van der Waals surface area contributed by atoms with Crippen molar-refractivity contribution in [1.82, 2.24) is 4.90 Å². The maximum Gasteiger partial charge on any atom is 0.307 e. The first-order valence-corrected chi connectivity index (χ1v) is 9.20. The van der Waals surface area contributed by atoms with Crippen molar-refractivity contribution < 1.29 is 24.2 Å². The number of unbranched alkanes of at least 4 members (excludes halogenated alkanes) is 4. The number of esters is 2. The van der Waals surface area contributed by atoms with Crippen molar-refractivity contribution in [3.05, 3.63) is 0 Å². The highest BCUT2D eigenvalue weighted by Gasteiger charge is 2.06. The molecule has 0 aromatic rings. The molecule has 0 fully saturated rings. The molecule has 0 amide bonds. The molecular formula is C18H35NO5. The Balaban J connectivity index is 3.38. The van der Waals surface area contributed by atoms with Crippen molar-refractivity contribution >= 4 is 11.9 Å². The van der Waals surface area contributed by atoms with E-state index < -0.39 is 0 Å². The predicted molar refractivity (Wildman–Crippen MR) is 93.7 cm³/mol. The number of ether oxygens (including phenoxy) is 2. The molecule has 24 heavy (non-hydrogen) atoms. The molecule has 1 N–H and O–H groups in total. The van der Waals surface area contributed by atoms with E-state index in [0.717, 1.165) is 51.5 Å². The van der Waals surface area contributed by atoms with Crippen LogP contribution in [0.3, 0.4) is 0 Å². The molecule has 0 radical (unpaired) electrons. The van der Waals surface area contributed by atoms with E-state index in [0.29, 0.717) is 32.6 Å². The monoisotopic (exact) mass is 345 g/mol. The van der Waals surface area contributed by atoms with Gasteiger partial charge in [0.1, 0.15) is 0 Å². The third-order valence-electron chi connectivity index (χ3n) is 3.66. The lowest BCUT2D eigenvalue weighted by molar-refractivity contribution is -0.144. The second kappa shape index (κ2) is 16.7. The van der Waals surface area contributed by atoms with Gasteiger partial charge in [0, 0.05) is 19.6 Å². The van der Waals surface area contributed by atoms with Crippen molar-refractivity contribution in [1.29, 1.82) is 0 Å². The first-order chi connectivity index (χ1) is 11.6. The maximum atomic E-state index is 11.6. The molecule has 0 unspecified atom stereocenters. The van der Waals surface area contributed by atoms with Crippen molar-refractivity contribution in [3.8, 4) is 0 Å². The number of aliphatic hydroxyl groups excluding tert-OH is 1. The summed E-state index contributed by atoms with van der Waals surface area (Å²) in [5, 5.41) is 8.71. The lowest BCUT2D eigenvalue weighted by Crippen LogP contribution is -2.23. The molecule has 0 spiro atoms. The molecule has 0 heterocycles. The number of hydrogen-bond donors (Lipinski definition) is 1. The highest BCUT2D eigenvalue weighted by molar-refractivity contribution is 5.69. The highest BCUT2D eigenvalue weighted by atomic mass is 16.5. The molecule has 0 aromatic carbocycles. The van der Waals surface area contributed by atoms with Gasteiger partial charge in [-0.15, -0.1) is 0 Å². The summed E-state index contributed by atoms with van der Waals surface area (Å²) in [6.45, 7) is 4.72. The predicted octanol–water partition coefficient (Wildman–Crippen LogP) is 2.53. The standard InChI is InChI=1S/C18H35NO5/c1-3-10-17(21)23-15-8-5-9-16-24-18(22)11-13-19(2)12-6-4-7-14-20/h20H,3-16H2,1-2H3. The minimum Gasteiger partial charge on any atom is -0.466 e. The summed E-state index contributed by atoms with van der Waals surface area (Å²) in [5.74, 6) is -0.295. The van der Waals surface area contributed by atoms with Gasteiger partial charge in [0.25, 0.3) is 0 Å². The first-order valence-electron chi connectivity index (χ1n) is 9.20. The molecule has 6 heteroatoms. The summed E-state index contributed by atoms with van der Waals surface area (Å²) < 4.78 is 10.3. The Bertz CT molecular complexity index is 323. The van der Waals surface area contributed by atoms with E-state index in [-0.39, 0.29) is 18.5 Å². The third kappa shape index (κ3) is 15.7. The van der Waals surface area contributed by atoms with Gasteiger partial charge in [-0.2, -0.15) is 0 Å². The van der Waals surface area contributed by atoms with Gasteiger partial charge in [-0.3, -0.25) is 9.59 Å². The minimum absolute atomic E-state index is 0.135. The molecule has 142 valence electrons. The summed E-state index contributed by atoms with van der Waals surface area (Å²) in [5.41, 5.74) is 0. The van der Waals surface area contributed by atoms with Gasteiger partial charge in [0.05, 0.1) is 19.6 Å². The Morgan fingerprint density at radius 1 is 0.833 bits per heavy atom. The van der Waals surface area contributed by atoms with Gasteiger partial charge >= 0.3 is 11.9 Å². The number of aliphatic hydroxyl groups is 1. The number of hydrogen-bond acceptors (Lipinski definition) is 6. The minimum atomic E-state index is -0.161. The molecule has 0 aliphatic carbocycles. The van der Waals surface area contributed by atoms with Crippen molar-refractivity contribution in [2.24, 2.45) is 0 Å². The van der Waals surface area contributed by atoms with E-state index in [1.165, 1.54) is 0 Å². The fourth-order valence-electron chi connectivity index (χ4n) is 2.17. The SMILES string of the molecule is CCCC(=O)OCCCCCOC(=O)CCN(C)CCCCCO. The van der Waals surface area contributed by atoms with Crippen LogP contribution in [-0.4, -0.2) is 61.9 Å². The highest BCUT2D eigenvalue weighted by Crippen LogP contribution is 2.01. The van der Waals surface area contributed by atoms with Gasteiger partial charge in [0.2, 0.25) is 0 Å². The van der Waals surface area contributed by atoms with Crippen molar-refractivity contribution in [2.75, 3.05) is 40.0 Å². The van der Waals surface area contributed by atoms with Gasteiger partial charge in [-0.25, -0.2) is 0 Å². The number of carbonyl (C=O) groups is 2. The quantitative estimate of drug-likeness (QED) is 0.342. The van der Waals surface area contributed by atoms with Crippen LogP contribution < -0.4 is 0 Å². The normalized spacial score (nSPS) is 10.8. The lowest BCUT2D eigenvalue weighted by atomic mass is 10.2. The number of carbonyl (C=O) groups excluding carboxylic acids is 2. The third-order valence-corrected chi connectivity index (χ3v) is 3.66. The molecule has 0 saturated carbocycles. The zero-order chi connectivity index (χ0) is 18.0. The summed E-state index contributed by atoms with van der Waals surface area (Å²) in [4.78, 5) is 24.9. The summed E-state index contributed by atoms with van der Waals surface area (Å²) in [6, 6.07) is 0. The van der Waals surface area contributed by atoms with Crippen LogP contribution in [0.4, 0.5) is 0 Å². The Morgan fingerprint density at radius 2 is 1.42 bits per heavy atom. The van der Waals surface area contributed by atoms with Gasteiger partial charge in [-0.1, -0.05) is 6.92 Å². The van der Waals surface area contributed by atoms with Crippen LogP contribution in [0.25, 0.3) is 0 Å². The van der Waals surface area contributed by atoms with Crippen molar-refractivity contribution in [3.63, 3.8) is 0 Å². The fourth-order valence-corrected chi connectivity index (χ4v) is 2.17. The van der Waals surface area contributed by atoms with Gasteiger partial charge < -0.3 is 19.5 Å². The van der Waals surface area contributed by atoms with Crippen LogP contribution in [0.5, 0.6) is 0 Å². The molecule has 6 nitrogen and oxygen atoms in total. The van der Waals surface area contributed by atoms with Crippen molar-refractivity contribution in [2.45, 2.75) is 64.7 Å². The molecule has 0 aromatic heterocycles. The molecule has 0 saturated heterocycles. The van der Waals surface area contributed by atoms with Crippen LogP contribution in [-0.2, 0) is 19.1 Å². The second-order valence-electron chi connectivity index (χ2n) is 6.09. The van der Waals surface area contributed by atoms with E-state index in [1.54, 1.807) is 0 Å². The largest absolute Gasteiger partial charge is 0.466 e. The smallest absolute Gasteiger partial charge is 0.307 e. The fraction of sp³-hybridized carbons (Fsp3) is 0.889. The average molecular weight is 345 g/mol. The summed E-state index contributed by atoms with van der Waals surface area (Å²) in [6.07, 6.45) is 7.09. The molecule has 0 aliphatic heterocycles. The average Bonchev–Trinajstić information content (AvgIpc) is 2.56. The Morgan fingerprint density at radius 3 is 2.00 bits per heavy atom. The number of nitrogens with zero attached hydrogens (tertiary/aromatic N) is 1. The Kier molecular flexibility index (Phi) is 15.9. The molecule has 0 bridgehead atoms. The maximum absolute atomic E-state index is 11.6. The molecule has 0 rings (SSSR count). The van der Waals surface area contributed by atoms with Crippen LogP contribution in [0.15, 0.2) is 0 Å². The van der Waals surface area contributed by atoms with Crippen LogP contribution in [0, 0.1) is 0 Å². The summed E-state index contributed by atoms with van der Waals surface area (Å²) >= 11 is 0. The van der Waals surface area contributed by atoms with Gasteiger partial charge in [-0.05, 0) is 58.5 Å². The Labute approximate surface area is 146 Å². The lowest BCUT2D eigenvalue weighted by Gasteiger charge is -2.15. The van der Waals surface area contributed by atoms with E-state index in [9.17, 15) is 9.59 Å². The van der Waals surface area contributed by atoms with Crippen LogP contribution in [0.2, 0.25) is 0 Å².